The third kappa shape index (κ3) is 3.56. The Morgan fingerprint density at radius 2 is 1.88 bits per heavy atom. The summed E-state index contributed by atoms with van der Waals surface area (Å²) in [5, 5.41) is 0. The van der Waals surface area contributed by atoms with E-state index in [-0.39, 0.29) is 0 Å². The van der Waals surface area contributed by atoms with Gasteiger partial charge in [-0.2, -0.15) is 0 Å². The van der Waals surface area contributed by atoms with Crippen LogP contribution in [0.1, 0.15) is 35.1 Å². The fourth-order valence-corrected chi connectivity index (χ4v) is 4.21. The molecule has 0 aliphatic heterocycles. The van der Waals surface area contributed by atoms with Crippen LogP contribution >= 0.6 is 11.3 Å². The number of rotatable bonds is 5. The molecule has 1 aromatic heterocycles. The Bertz CT molecular complexity index is 485. The molecule has 0 aliphatic rings. The van der Waals surface area contributed by atoms with E-state index in [9.17, 15) is 0 Å². The summed E-state index contributed by atoms with van der Waals surface area (Å²) in [6.07, 6.45) is 3.83. The molecule has 17 heavy (non-hydrogen) atoms. The summed E-state index contributed by atoms with van der Waals surface area (Å²) in [6.45, 7) is 2.25. The van der Waals surface area contributed by atoms with Gasteiger partial charge < -0.3 is 0 Å². The van der Waals surface area contributed by atoms with Crippen molar-refractivity contribution in [3.63, 3.8) is 0 Å². The molecule has 1 aromatic carbocycles. The van der Waals surface area contributed by atoms with Crippen LogP contribution in [0.3, 0.4) is 0 Å². The second-order valence-electron chi connectivity index (χ2n) is 4.11. The van der Waals surface area contributed by atoms with Gasteiger partial charge in [-0.25, -0.2) is 0 Å². The van der Waals surface area contributed by atoms with Crippen LogP contribution in [0.4, 0.5) is 0 Å². The minimum atomic E-state index is 1.11. The average molecular weight is 407 g/mol. The Hall–Kier alpha value is -0.340. The van der Waals surface area contributed by atoms with Gasteiger partial charge in [0.05, 0.1) is 0 Å². The van der Waals surface area contributed by atoms with E-state index in [1.807, 2.05) is 11.3 Å². The van der Waals surface area contributed by atoms with Crippen LogP contribution in [0.15, 0.2) is 42.5 Å². The van der Waals surface area contributed by atoms with Gasteiger partial charge in [-0.3, -0.25) is 0 Å². The van der Waals surface area contributed by atoms with Crippen molar-refractivity contribution in [3.05, 3.63) is 57.8 Å². The van der Waals surface area contributed by atoms with E-state index in [4.69, 9.17) is 0 Å². The maximum absolute atomic E-state index is 2.30. The Labute approximate surface area is 122 Å². The van der Waals surface area contributed by atoms with Crippen molar-refractivity contribution in [3.8, 4) is 0 Å². The van der Waals surface area contributed by atoms with Gasteiger partial charge in [0.2, 0.25) is 0 Å². The van der Waals surface area contributed by atoms with Crippen LogP contribution in [0.5, 0.6) is 0 Å². The van der Waals surface area contributed by atoms with Crippen LogP contribution in [0.25, 0.3) is 0 Å². The Kier molecular flexibility index (Phi) is 5.05. The van der Waals surface area contributed by atoms with E-state index in [1.165, 1.54) is 37.8 Å². The molecule has 0 nitrogen and oxygen atoms in total. The van der Waals surface area contributed by atoms with Gasteiger partial charge in [-0.1, -0.05) is 0 Å². The zero-order valence-electron chi connectivity index (χ0n) is 10.1. The fourth-order valence-electron chi connectivity index (χ4n) is 1.74. The Morgan fingerprint density at radius 1 is 1.12 bits per heavy atom. The van der Waals surface area contributed by atoms with E-state index in [2.05, 4.69) is 49.4 Å². The average Bonchev–Trinajstić information content (AvgIpc) is 2.85. The molecule has 2 heteroatoms. The Balaban J connectivity index is 2.12. The summed E-state index contributed by atoms with van der Waals surface area (Å²) in [5.41, 5.74) is 1.39. The summed E-state index contributed by atoms with van der Waals surface area (Å²) < 4.78 is 1.53. The van der Waals surface area contributed by atoms with Crippen LogP contribution < -0.4 is 0 Å². The van der Waals surface area contributed by atoms with Crippen LogP contribution in [-0.4, -0.2) is 3.26 Å². The van der Waals surface area contributed by atoms with Gasteiger partial charge in [-0.05, 0) is 0 Å². The van der Waals surface area contributed by atoms with Crippen molar-refractivity contribution in [1.29, 1.82) is 0 Å². The third-order valence-corrected chi connectivity index (χ3v) is 6.57. The third-order valence-electron chi connectivity index (χ3n) is 2.75. The first-order chi connectivity index (χ1) is 8.31. The normalized spacial score (nSPS) is 10.5. The predicted octanol–water partition coefficient (Wildman–Crippen LogP) is 4.21. The molecule has 2 rings (SSSR count). The van der Waals surface area contributed by atoms with E-state index in [1.54, 1.807) is 0 Å². The number of thiophene rings is 1. The zero-order chi connectivity index (χ0) is 12.1. The molecule has 1 heterocycles. The van der Waals surface area contributed by atoms with Crippen molar-refractivity contribution in [2.45, 2.75) is 26.2 Å². The Morgan fingerprint density at radius 3 is 2.59 bits per heavy atom. The summed E-state index contributed by atoms with van der Waals surface area (Å²) in [6, 6.07) is 15.4. The van der Waals surface area contributed by atoms with Gasteiger partial charge in [0.1, 0.15) is 0 Å². The molecule has 2 aromatic rings. The monoisotopic (exact) mass is 408 g/mol. The zero-order valence-corrected chi connectivity index (χ0v) is 14.5. The predicted molar refractivity (Wildman–Crippen MR) is 72.6 cm³/mol. The second-order valence-corrected chi connectivity index (χ2v) is 7.08. The van der Waals surface area contributed by atoms with E-state index < -0.39 is 0 Å². The fraction of sp³-hybridized carbons (Fsp3) is 0.267. The van der Waals surface area contributed by atoms with Gasteiger partial charge in [-0.15, -0.1) is 0 Å². The van der Waals surface area contributed by atoms with Crippen LogP contribution in [0, 0.1) is 0 Å². The number of unbranched alkanes of at least 4 members (excludes halogenated alkanes) is 1. The molecule has 0 radical (unpaired) electrons. The summed E-state index contributed by atoms with van der Waals surface area (Å²) in [4.78, 5) is 3.00. The molecular weight excluding hydrogens is 391 g/mol. The SMILES string of the molecule is CCCCc1ccc([C](=[Hf+2])c2ccccc2)s1. The van der Waals surface area contributed by atoms with E-state index >= 15 is 0 Å². The van der Waals surface area contributed by atoms with Gasteiger partial charge in [0, 0.05) is 0 Å². The van der Waals surface area contributed by atoms with E-state index in [0.29, 0.717) is 0 Å². The molecule has 0 saturated heterocycles. The number of benzene rings is 1. The van der Waals surface area contributed by atoms with Gasteiger partial charge >= 0.3 is 122 Å². The first-order valence-electron chi connectivity index (χ1n) is 6.04. The van der Waals surface area contributed by atoms with Crippen molar-refractivity contribution in [1.82, 2.24) is 0 Å². The van der Waals surface area contributed by atoms with Crippen LogP contribution in [-0.2, 0) is 30.3 Å². The number of aryl methyl sites for hydroxylation is 1. The standard InChI is InChI=1S/C15H16S.Hf/c1-2-3-9-14-10-11-15(16-14)12-13-7-5-4-6-8-13;/h4-8,10-11H,2-3,9H2,1H3;/q;+2. The molecule has 0 unspecified atom stereocenters. The van der Waals surface area contributed by atoms with Crippen molar-refractivity contribution in [2.75, 3.05) is 0 Å². The minimum absolute atomic E-state index is 1.11. The van der Waals surface area contributed by atoms with E-state index in [0.717, 1.165) is 23.9 Å². The summed E-state index contributed by atoms with van der Waals surface area (Å²) >= 11 is 3.08. The van der Waals surface area contributed by atoms with Gasteiger partial charge in [0.15, 0.2) is 0 Å². The first kappa shape index (κ1) is 13.1. The van der Waals surface area contributed by atoms with Crippen molar-refractivity contribution >= 4 is 14.6 Å². The maximum atomic E-state index is 2.30. The molecule has 0 bridgehead atoms. The molecule has 0 saturated carbocycles. The molecule has 0 aliphatic carbocycles. The van der Waals surface area contributed by atoms with Gasteiger partial charge in [0.25, 0.3) is 0 Å². The summed E-state index contributed by atoms with van der Waals surface area (Å²) in [5.74, 6) is 0. The second kappa shape index (κ2) is 6.55. The molecule has 84 valence electrons. The molecule has 0 amide bonds. The molecule has 0 fully saturated rings. The molecule has 0 atom stereocenters. The molecule has 0 spiro atoms. The first-order valence-corrected chi connectivity index (χ1v) is 8.65. The molecular formula is C15H16HfS+2. The molecule has 0 N–H and O–H groups in total. The van der Waals surface area contributed by atoms with Crippen molar-refractivity contribution < 1.29 is 23.9 Å². The summed E-state index contributed by atoms with van der Waals surface area (Å²) in [7, 11) is 0. The van der Waals surface area contributed by atoms with Crippen LogP contribution in [0.2, 0.25) is 0 Å². The van der Waals surface area contributed by atoms with Crippen molar-refractivity contribution in [2.24, 2.45) is 0 Å². The quantitative estimate of drug-likeness (QED) is 0.653. The topological polar surface area (TPSA) is 0 Å². The number of hydrogen-bond donors (Lipinski definition) is 0. The number of hydrogen-bond acceptors (Lipinski definition) is 1.